The van der Waals surface area contributed by atoms with Crippen molar-refractivity contribution in [3.8, 4) is 44.8 Å². The first-order valence-corrected chi connectivity index (χ1v) is 17.9. The summed E-state index contributed by atoms with van der Waals surface area (Å²) in [5, 5.41) is 6.44. The second-order valence-electron chi connectivity index (χ2n) is 13.6. The predicted octanol–water partition coefficient (Wildman–Crippen LogP) is 11.6. The van der Waals surface area contributed by atoms with Crippen LogP contribution in [0.25, 0.3) is 110 Å². The van der Waals surface area contributed by atoms with Crippen LogP contribution in [0.3, 0.4) is 0 Å². The summed E-state index contributed by atoms with van der Waals surface area (Å²) in [6, 6.07) is 50.8. The average Bonchev–Trinajstić information content (AvgIpc) is 3.25. The third-order valence-corrected chi connectivity index (χ3v) is 10.4. The van der Waals surface area contributed by atoms with E-state index in [0.717, 1.165) is 110 Å². The third kappa shape index (κ3) is 4.96. The summed E-state index contributed by atoms with van der Waals surface area (Å²) in [5.41, 5.74) is 14.1. The van der Waals surface area contributed by atoms with Gasteiger partial charge >= 0.3 is 0 Å². The van der Waals surface area contributed by atoms with Crippen molar-refractivity contribution in [2.24, 2.45) is 0 Å². The van der Waals surface area contributed by atoms with Crippen LogP contribution in [0.1, 0.15) is 0 Å². The molecule has 0 unspecified atom stereocenters. The minimum atomic E-state index is 0.889. The molecule has 11 rings (SSSR count). The van der Waals surface area contributed by atoms with Crippen LogP contribution in [0.5, 0.6) is 0 Å². The summed E-state index contributed by atoms with van der Waals surface area (Å²) >= 11 is 0. The first kappa shape index (κ1) is 30.2. The van der Waals surface area contributed by atoms with Crippen molar-refractivity contribution in [1.82, 2.24) is 29.9 Å². The van der Waals surface area contributed by atoms with Crippen LogP contribution >= 0.6 is 0 Å². The molecule has 0 saturated heterocycles. The second-order valence-corrected chi connectivity index (χ2v) is 13.6. The molecule has 6 nitrogen and oxygen atoms in total. The van der Waals surface area contributed by atoms with Gasteiger partial charge in [0.05, 0.1) is 44.5 Å². The molecule has 0 aliphatic carbocycles. The molecule has 0 saturated carbocycles. The van der Waals surface area contributed by atoms with Crippen LogP contribution in [-0.4, -0.2) is 29.9 Å². The van der Waals surface area contributed by atoms with Crippen molar-refractivity contribution in [1.29, 1.82) is 0 Å². The van der Waals surface area contributed by atoms with Gasteiger partial charge in [-0.1, -0.05) is 72.8 Å². The Balaban J connectivity index is 0.896. The molecule has 0 spiro atoms. The highest BCUT2D eigenvalue weighted by Gasteiger charge is 2.14. The number of benzene rings is 5. The molecule has 0 bridgehead atoms. The van der Waals surface area contributed by atoms with E-state index in [1.165, 1.54) is 0 Å². The molecular weight excluding hydrogens is 661 g/mol. The molecule has 250 valence electrons. The molecule has 6 aromatic heterocycles. The van der Waals surface area contributed by atoms with Crippen LogP contribution in [0.2, 0.25) is 0 Å². The van der Waals surface area contributed by atoms with Gasteiger partial charge in [0.25, 0.3) is 0 Å². The van der Waals surface area contributed by atoms with E-state index in [-0.39, 0.29) is 0 Å². The van der Waals surface area contributed by atoms with E-state index in [9.17, 15) is 0 Å². The first-order valence-electron chi connectivity index (χ1n) is 17.9. The molecule has 0 radical (unpaired) electrons. The molecule has 54 heavy (non-hydrogen) atoms. The first-order chi connectivity index (χ1) is 26.7. The lowest BCUT2D eigenvalue weighted by atomic mass is 9.96. The highest BCUT2D eigenvalue weighted by atomic mass is 14.7. The molecule has 5 aromatic carbocycles. The number of pyridine rings is 6. The van der Waals surface area contributed by atoms with Crippen molar-refractivity contribution in [2.75, 3.05) is 0 Å². The molecular formula is C48H28N6. The Morgan fingerprint density at radius 1 is 0.296 bits per heavy atom. The van der Waals surface area contributed by atoms with Gasteiger partial charge in [-0.25, -0.2) is 9.97 Å². The van der Waals surface area contributed by atoms with Gasteiger partial charge in [-0.05, 0) is 95.1 Å². The van der Waals surface area contributed by atoms with Crippen molar-refractivity contribution in [3.63, 3.8) is 0 Å². The highest BCUT2D eigenvalue weighted by molar-refractivity contribution is 6.11. The largest absolute Gasteiger partial charge is 0.254 e. The average molecular weight is 689 g/mol. The Labute approximate surface area is 309 Å². The maximum Gasteiger partial charge on any atom is 0.0971 e. The Morgan fingerprint density at radius 3 is 1.37 bits per heavy atom. The normalized spacial score (nSPS) is 11.7. The molecule has 0 fully saturated rings. The highest BCUT2D eigenvalue weighted by Crippen LogP contribution is 2.36. The molecule has 11 aromatic rings. The minimum Gasteiger partial charge on any atom is -0.254 e. The molecule has 0 N–H and O–H groups in total. The molecule has 0 aliphatic rings. The van der Waals surface area contributed by atoms with Crippen LogP contribution in [-0.2, 0) is 0 Å². The van der Waals surface area contributed by atoms with Crippen molar-refractivity contribution < 1.29 is 0 Å². The van der Waals surface area contributed by atoms with E-state index < -0.39 is 0 Å². The van der Waals surface area contributed by atoms with E-state index in [0.29, 0.717) is 0 Å². The standard InChI is InChI=1S/C48H28N6/c1-5-35-27-39(37-7-3-23-51-47(37)45(35)49-21-1)29-9-11-30(12-10-29)41-19-15-33-25-31(13-17-42(33)53-41)32-14-18-43-34(26-32)16-20-44(54-43)40-28-36-6-2-22-50-46(36)48-38(40)8-4-24-52-48/h1-28H. The number of rotatable bonds is 4. The van der Waals surface area contributed by atoms with Gasteiger partial charge in [0.1, 0.15) is 0 Å². The van der Waals surface area contributed by atoms with Crippen molar-refractivity contribution in [2.45, 2.75) is 0 Å². The SMILES string of the molecule is c1cnc2c(c1)cc(-c1ccc(-c3ccc4cc(-c5ccc6nc(-c7cc8cccnc8c8ncccc78)ccc6c5)ccc4n3)cc1)c1cccnc12. The fraction of sp³-hybridized carbons (Fsp3) is 0. The van der Waals surface area contributed by atoms with Gasteiger partial charge in [0.2, 0.25) is 0 Å². The summed E-state index contributed by atoms with van der Waals surface area (Å²) in [7, 11) is 0. The smallest absolute Gasteiger partial charge is 0.0971 e. The Bertz CT molecular complexity index is 3280. The Hall–Kier alpha value is -7.44. The zero-order valence-corrected chi connectivity index (χ0v) is 28.8. The number of nitrogens with zero attached hydrogens (tertiary/aromatic N) is 6. The molecule has 0 amide bonds. The number of fused-ring (bicyclic) bond motifs is 8. The quantitative estimate of drug-likeness (QED) is 0.171. The van der Waals surface area contributed by atoms with E-state index in [2.05, 4.69) is 141 Å². The zero-order valence-electron chi connectivity index (χ0n) is 28.8. The predicted molar refractivity (Wildman–Crippen MR) is 220 cm³/mol. The summed E-state index contributed by atoms with van der Waals surface area (Å²) in [4.78, 5) is 28.7. The lowest BCUT2D eigenvalue weighted by Gasteiger charge is -2.11. The fourth-order valence-electron chi connectivity index (χ4n) is 7.75. The van der Waals surface area contributed by atoms with Crippen LogP contribution in [0.4, 0.5) is 0 Å². The number of hydrogen-bond donors (Lipinski definition) is 0. The van der Waals surface area contributed by atoms with Crippen LogP contribution < -0.4 is 0 Å². The van der Waals surface area contributed by atoms with Gasteiger partial charge < -0.3 is 0 Å². The summed E-state index contributed by atoms with van der Waals surface area (Å²) in [5.74, 6) is 0. The fourth-order valence-corrected chi connectivity index (χ4v) is 7.75. The third-order valence-electron chi connectivity index (χ3n) is 10.4. The Kier molecular flexibility index (Phi) is 6.75. The summed E-state index contributed by atoms with van der Waals surface area (Å²) in [6.45, 7) is 0. The van der Waals surface area contributed by atoms with Crippen molar-refractivity contribution >= 4 is 65.4 Å². The minimum absolute atomic E-state index is 0.889. The van der Waals surface area contributed by atoms with Gasteiger partial charge in [-0.15, -0.1) is 0 Å². The molecule has 0 aliphatic heterocycles. The summed E-state index contributed by atoms with van der Waals surface area (Å²) in [6.07, 6.45) is 7.29. The number of hydrogen-bond acceptors (Lipinski definition) is 6. The molecule has 0 atom stereocenters. The van der Waals surface area contributed by atoms with Crippen molar-refractivity contribution in [3.05, 3.63) is 170 Å². The second kappa shape index (κ2) is 12.1. The van der Waals surface area contributed by atoms with E-state index in [1.807, 2.05) is 49.1 Å². The van der Waals surface area contributed by atoms with Crippen LogP contribution in [0, 0.1) is 0 Å². The maximum atomic E-state index is 5.11. The van der Waals surface area contributed by atoms with Gasteiger partial charge in [-0.3, -0.25) is 19.9 Å². The Morgan fingerprint density at radius 2 is 0.759 bits per heavy atom. The monoisotopic (exact) mass is 688 g/mol. The lowest BCUT2D eigenvalue weighted by Crippen LogP contribution is -1.91. The van der Waals surface area contributed by atoms with E-state index in [4.69, 9.17) is 9.97 Å². The summed E-state index contributed by atoms with van der Waals surface area (Å²) < 4.78 is 0. The van der Waals surface area contributed by atoms with E-state index >= 15 is 0 Å². The van der Waals surface area contributed by atoms with Gasteiger partial charge in [-0.2, -0.15) is 0 Å². The molecule has 6 heteroatoms. The van der Waals surface area contributed by atoms with Gasteiger partial charge in [0, 0.05) is 68.2 Å². The topological polar surface area (TPSA) is 77.3 Å². The van der Waals surface area contributed by atoms with E-state index in [1.54, 1.807) is 0 Å². The number of aromatic nitrogens is 6. The maximum absolute atomic E-state index is 5.11. The lowest BCUT2D eigenvalue weighted by molar-refractivity contribution is 1.36. The van der Waals surface area contributed by atoms with Crippen LogP contribution in [0.15, 0.2) is 170 Å². The van der Waals surface area contributed by atoms with Gasteiger partial charge in [0.15, 0.2) is 0 Å². The molecule has 6 heterocycles. The zero-order chi connectivity index (χ0) is 35.6.